The Kier molecular flexibility index (Phi) is 2.62. The van der Waals surface area contributed by atoms with Crippen LogP contribution in [0.4, 0.5) is 0 Å². The van der Waals surface area contributed by atoms with E-state index >= 15 is 0 Å². The number of pyridine rings is 1. The minimum absolute atomic E-state index is 0.927. The molecular formula is C9H9N3S. The predicted octanol–water partition coefficient (Wildman–Crippen LogP) is 2.10. The largest absolute Gasteiger partial charge is 0.272 e. The summed E-state index contributed by atoms with van der Waals surface area (Å²) in [4.78, 5) is 4.05. The molecule has 0 saturated carbocycles. The maximum Gasteiger partial charge on any atom is 0.0910 e. The van der Waals surface area contributed by atoms with Crippen LogP contribution in [0.2, 0.25) is 0 Å². The van der Waals surface area contributed by atoms with Gasteiger partial charge in [-0.25, -0.2) is 0 Å². The van der Waals surface area contributed by atoms with Gasteiger partial charge in [0.05, 0.1) is 5.03 Å². The Morgan fingerprint density at radius 2 is 2.31 bits per heavy atom. The van der Waals surface area contributed by atoms with Gasteiger partial charge in [0.2, 0.25) is 0 Å². The maximum atomic E-state index is 4.05. The van der Waals surface area contributed by atoms with Crippen LogP contribution < -0.4 is 0 Å². The van der Waals surface area contributed by atoms with Crippen LogP contribution >= 0.6 is 11.8 Å². The van der Waals surface area contributed by atoms with Gasteiger partial charge in [0.1, 0.15) is 0 Å². The fraction of sp³-hybridized carbons (Fsp3) is 0.111. The molecule has 0 radical (unpaired) electrons. The van der Waals surface area contributed by atoms with Gasteiger partial charge in [-0.15, -0.1) is 11.8 Å². The number of nitrogens with one attached hydrogen (secondary N) is 1. The molecule has 0 aliphatic heterocycles. The topological polar surface area (TPSA) is 41.6 Å². The highest BCUT2D eigenvalue weighted by atomic mass is 32.2. The molecule has 0 fully saturated rings. The van der Waals surface area contributed by atoms with E-state index in [4.69, 9.17) is 0 Å². The monoisotopic (exact) mass is 191 g/mol. The van der Waals surface area contributed by atoms with Crippen molar-refractivity contribution >= 4 is 11.8 Å². The van der Waals surface area contributed by atoms with E-state index in [0.29, 0.717) is 0 Å². The number of H-pyrrole nitrogens is 1. The zero-order valence-corrected chi connectivity index (χ0v) is 7.79. The number of hydrogen-bond donors (Lipinski definition) is 1. The van der Waals surface area contributed by atoms with Gasteiger partial charge in [-0.05, 0) is 17.7 Å². The summed E-state index contributed by atoms with van der Waals surface area (Å²) >= 11 is 1.72. The van der Waals surface area contributed by atoms with Gasteiger partial charge in [-0.2, -0.15) is 5.10 Å². The average Bonchev–Trinajstić information content (AvgIpc) is 2.69. The summed E-state index contributed by atoms with van der Waals surface area (Å²) in [6.07, 6.45) is 5.42. The quantitative estimate of drug-likeness (QED) is 0.755. The second kappa shape index (κ2) is 4.09. The summed E-state index contributed by atoms with van der Waals surface area (Å²) in [5.74, 6) is 0.927. The molecule has 0 aliphatic carbocycles. The van der Waals surface area contributed by atoms with Crippen molar-refractivity contribution in [2.75, 3.05) is 0 Å². The van der Waals surface area contributed by atoms with Crippen molar-refractivity contribution in [2.24, 2.45) is 0 Å². The average molecular weight is 191 g/mol. The molecule has 13 heavy (non-hydrogen) atoms. The predicted molar refractivity (Wildman–Crippen MR) is 52.4 cm³/mol. The number of aromatic nitrogens is 3. The van der Waals surface area contributed by atoms with Crippen LogP contribution in [0.15, 0.2) is 41.8 Å². The normalized spacial score (nSPS) is 10.2. The van der Waals surface area contributed by atoms with Gasteiger partial charge in [0.25, 0.3) is 0 Å². The lowest BCUT2D eigenvalue weighted by Gasteiger charge is -1.97. The van der Waals surface area contributed by atoms with E-state index < -0.39 is 0 Å². The zero-order valence-electron chi connectivity index (χ0n) is 6.97. The first-order valence-electron chi connectivity index (χ1n) is 3.96. The van der Waals surface area contributed by atoms with Crippen LogP contribution in [0, 0.1) is 0 Å². The lowest BCUT2D eigenvalue weighted by atomic mass is 10.3. The highest BCUT2D eigenvalue weighted by Gasteiger charge is 1.95. The zero-order chi connectivity index (χ0) is 8.93. The van der Waals surface area contributed by atoms with E-state index in [0.717, 1.165) is 10.8 Å². The van der Waals surface area contributed by atoms with Crippen molar-refractivity contribution in [2.45, 2.75) is 10.8 Å². The van der Waals surface area contributed by atoms with Crippen molar-refractivity contribution in [3.05, 3.63) is 42.4 Å². The second-order valence-electron chi connectivity index (χ2n) is 2.57. The van der Waals surface area contributed by atoms with E-state index in [1.807, 2.05) is 18.3 Å². The van der Waals surface area contributed by atoms with Gasteiger partial charge in [0.15, 0.2) is 0 Å². The van der Waals surface area contributed by atoms with Crippen LogP contribution in [-0.4, -0.2) is 15.2 Å². The summed E-state index contributed by atoms with van der Waals surface area (Å²) < 4.78 is 0. The lowest BCUT2D eigenvalue weighted by Crippen LogP contribution is -1.81. The molecule has 0 amide bonds. The van der Waals surface area contributed by atoms with Crippen LogP contribution in [0.5, 0.6) is 0 Å². The third kappa shape index (κ3) is 2.32. The highest BCUT2D eigenvalue weighted by Crippen LogP contribution is 2.18. The van der Waals surface area contributed by atoms with Crippen LogP contribution in [0.25, 0.3) is 0 Å². The fourth-order valence-corrected chi connectivity index (χ4v) is 1.74. The molecule has 1 N–H and O–H groups in total. The summed E-state index contributed by atoms with van der Waals surface area (Å²) in [6, 6.07) is 5.97. The Hall–Kier alpha value is -1.29. The summed E-state index contributed by atoms with van der Waals surface area (Å²) in [6.45, 7) is 0. The summed E-state index contributed by atoms with van der Waals surface area (Å²) in [5.41, 5.74) is 1.22. The molecule has 2 rings (SSSR count). The molecule has 2 aromatic rings. The van der Waals surface area contributed by atoms with Gasteiger partial charge in [0, 0.05) is 24.3 Å². The molecule has 66 valence electrons. The van der Waals surface area contributed by atoms with Gasteiger partial charge >= 0.3 is 0 Å². The number of aromatic amines is 1. The minimum Gasteiger partial charge on any atom is -0.272 e. The molecule has 0 saturated heterocycles. The van der Waals surface area contributed by atoms with Crippen molar-refractivity contribution in [3.8, 4) is 0 Å². The molecule has 0 bridgehead atoms. The Balaban J connectivity index is 1.94. The van der Waals surface area contributed by atoms with Crippen molar-refractivity contribution < 1.29 is 0 Å². The molecule has 0 aliphatic rings. The Labute approximate surface area is 80.6 Å². The molecule has 4 heteroatoms. The highest BCUT2D eigenvalue weighted by molar-refractivity contribution is 7.98. The third-order valence-electron chi connectivity index (χ3n) is 1.59. The minimum atomic E-state index is 0.927. The van der Waals surface area contributed by atoms with Crippen LogP contribution in [-0.2, 0) is 5.75 Å². The molecule has 3 nitrogen and oxygen atoms in total. The van der Waals surface area contributed by atoms with Gasteiger partial charge < -0.3 is 0 Å². The third-order valence-corrected chi connectivity index (χ3v) is 2.61. The maximum absolute atomic E-state index is 4.05. The van der Waals surface area contributed by atoms with Gasteiger partial charge in [-0.1, -0.05) is 6.07 Å². The fourth-order valence-electron chi connectivity index (χ4n) is 0.968. The van der Waals surface area contributed by atoms with E-state index in [1.165, 1.54) is 5.56 Å². The SMILES string of the molecule is c1cncc(CSc2ccn[nH]2)c1. The lowest BCUT2D eigenvalue weighted by molar-refractivity contribution is 1.00. The molecule has 0 atom stereocenters. The number of rotatable bonds is 3. The van der Waals surface area contributed by atoms with E-state index in [9.17, 15) is 0 Å². The van der Waals surface area contributed by atoms with E-state index in [-0.39, 0.29) is 0 Å². The molecule has 0 aromatic carbocycles. The number of hydrogen-bond acceptors (Lipinski definition) is 3. The Morgan fingerprint density at radius 3 is 3.00 bits per heavy atom. The molecule has 2 heterocycles. The Morgan fingerprint density at radius 1 is 1.31 bits per heavy atom. The molecule has 2 aromatic heterocycles. The van der Waals surface area contributed by atoms with Gasteiger partial charge in [-0.3, -0.25) is 10.1 Å². The first-order chi connectivity index (χ1) is 6.45. The molecule has 0 spiro atoms. The summed E-state index contributed by atoms with van der Waals surface area (Å²) in [7, 11) is 0. The van der Waals surface area contributed by atoms with Crippen molar-refractivity contribution in [1.82, 2.24) is 15.2 Å². The van der Waals surface area contributed by atoms with Crippen LogP contribution in [0.3, 0.4) is 0 Å². The summed E-state index contributed by atoms with van der Waals surface area (Å²) in [5, 5.41) is 7.86. The van der Waals surface area contributed by atoms with E-state index in [2.05, 4.69) is 21.2 Å². The molecular weight excluding hydrogens is 182 g/mol. The standard InChI is InChI=1S/C9H9N3S/c1-2-8(6-10-4-1)7-13-9-3-5-11-12-9/h1-6H,7H2,(H,11,12). The van der Waals surface area contributed by atoms with Crippen LogP contribution in [0.1, 0.15) is 5.56 Å². The van der Waals surface area contributed by atoms with Crippen molar-refractivity contribution in [1.29, 1.82) is 0 Å². The number of thioether (sulfide) groups is 1. The Bertz CT molecular complexity index is 344. The second-order valence-corrected chi connectivity index (χ2v) is 3.59. The first kappa shape index (κ1) is 8.31. The molecule has 0 unspecified atom stereocenters. The smallest absolute Gasteiger partial charge is 0.0910 e. The first-order valence-corrected chi connectivity index (χ1v) is 4.95. The van der Waals surface area contributed by atoms with Crippen molar-refractivity contribution in [3.63, 3.8) is 0 Å². The number of nitrogens with zero attached hydrogens (tertiary/aromatic N) is 2. The van der Waals surface area contributed by atoms with E-state index in [1.54, 1.807) is 24.2 Å².